The van der Waals surface area contributed by atoms with E-state index in [1.807, 2.05) is 24.3 Å². The van der Waals surface area contributed by atoms with E-state index in [9.17, 15) is 0 Å². The molecule has 8 rings (SSSR count). The number of hydrogen-bond donors (Lipinski definition) is 2. The first-order valence-corrected chi connectivity index (χ1v) is 11.9. The summed E-state index contributed by atoms with van der Waals surface area (Å²) in [4.78, 5) is 14.0. The van der Waals surface area contributed by atoms with Gasteiger partial charge in [0.2, 0.25) is 0 Å². The van der Waals surface area contributed by atoms with Gasteiger partial charge in [0.15, 0.2) is 5.82 Å². The number of rotatable bonds is 3. The van der Waals surface area contributed by atoms with E-state index >= 15 is 0 Å². The summed E-state index contributed by atoms with van der Waals surface area (Å²) in [6.45, 7) is 0. The number of pyridine rings is 1. The van der Waals surface area contributed by atoms with Crippen LogP contribution in [-0.2, 0) is 5.41 Å². The molecule has 0 aliphatic heterocycles. The minimum Gasteiger partial charge on any atom is -0.338 e. The maximum Gasteiger partial charge on any atom is 0.157 e. The van der Waals surface area contributed by atoms with Crippen molar-refractivity contribution < 1.29 is 0 Å². The third-order valence-electron chi connectivity index (χ3n) is 7.98. The molecule has 4 saturated carbocycles. The average molecular weight is 449 g/mol. The van der Waals surface area contributed by atoms with E-state index < -0.39 is 0 Å². The van der Waals surface area contributed by atoms with Gasteiger partial charge in [-0.15, -0.1) is 0 Å². The summed E-state index contributed by atoms with van der Waals surface area (Å²) in [6, 6.07) is 13.8. The number of aromatic nitrogens is 3. The van der Waals surface area contributed by atoms with E-state index in [-0.39, 0.29) is 5.41 Å². The van der Waals surface area contributed by atoms with Crippen LogP contribution < -0.4 is 5.32 Å². The Hall–Kier alpha value is -2.30. The van der Waals surface area contributed by atoms with Crippen LogP contribution in [0.1, 0.15) is 37.9 Å². The first kappa shape index (κ1) is 18.3. The minimum atomic E-state index is 0.231. The number of halogens is 2. The van der Waals surface area contributed by atoms with Crippen LogP contribution >= 0.6 is 23.2 Å². The van der Waals surface area contributed by atoms with Crippen molar-refractivity contribution in [2.24, 2.45) is 17.8 Å². The lowest BCUT2D eigenvalue weighted by Crippen LogP contribution is -2.29. The molecule has 2 heterocycles. The fraction of sp³-hybridized carbons (Fsp3) is 0.360. The Morgan fingerprint density at radius 1 is 0.935 bits per heavy atom. The van der Waals surface area contributed by atoms with Crippen molar-refractivity contribution in [3.05, 3.63) is 58.3 Å². The molecule has 4 aliphatic carbocycles. The molecular formula is C25H22Cl2N4. The van der Waals surface area contributed by atoms with Crippen molar-refractivity contribution in [2.75, 3.05) is 5.32 Å². The summed E-state index contributed by atoms with van der Waals surface area (Å²) in [7, 11) is 0. The lowest BCUT2D eigenvalue weighted by molar-refractivity contribution is 0.262. The average Bonchev–Trinajstić information content (AvgIpc) is 3.39. The van der Waals surface area contributed by atoms with Gasteiger partial charge in [-0.25, -0.2) is 9.97 Å². The van der Waals surface area contributed by atoms with E-state index in [1.54, 1.807) is 6.07 Å². The van der Waals surface area contributed by atoms with Gasteiger partial charge in [0.05, 0.1) is 15.6 Å². The van der Waals surface area contributed by atoms with Crippen molar-refractivity contribution >= 4 is 56.6 Å². The molecule has 2 N–H and O–H groups in total. The van der Waals surface area contributed by atoms with Crippen LogP contribution in [0.15, 0.2) is 42.5 Å². The third-order valence-corrected chi connectivity index (χ3v) is 8.71. The van der Waals surface area contributed by atoms with Crippen molar-refractivity contribution in [3.63, 3.8) is 0 Å². The van der Waals surface area contributed by atoms with Crippen LogP contribution in [-0.4, -0.2) is 15.0 Å². The zero-order valence-electron chi connectivity index (χ0n) is 17.0. The highest BCUT2D eigenvalue weighted by Gasteiger charge is 2.59. The van der Waals surface area contributed by atoms with E-state index in [0.717, 1.165) is 51.2 Å². The molecule has 31 heavy (non-hydrogen) atoms. The molecule has 0 spiro atoms. The number of nitrogens with zero attached hydrogens (tertiary/aromatic N) is 2. The zero-order valence-corrected chi connectivity index (χ0v) is 18.5. The highest BCUT2D eigenvalue weighted by atomic mass is 35.5. The van der Waals surface area contributed by atoms with Gasteiger partial charge in [-0.1, -0.05) is 41.4 Å². The molecule has 2 atom stereocenters. The summed E-state index contributed by atoms with van der Waals surface area (Å²) in [6.07, 6.45) is 6.75. The maximum absolute atomic E-state index is 6.25. The van der Waals surface area contributed by atoms with Gasteiger partial charge < -0.3 is 10.3 Å². The zero-order chi connectivity index (χ0) is 20.7. The van der Waals surface area contributed by atoms with Crippen molar-refractivity contribution in [3.8, 4) is 0 Å². The van der Waals surface area contributed by atoms with Crippen molar-refractivity contribution in [1.29, 1.82) is 0 Å². The number of hydrogen-bond acceptors (Lipinski definition) is 3. The quantitative estimate of drug-likeness (QED) is 0.347. The van der Waals surface area contributed by atoms with E-state index in [4.69, 9.17) is 33.2 Å². The third kappa shape index (κ3) is 2.61. The number of benzene rings is 2. The Kier molecular flexibility index (Phi) is 3.76. The van der Waals surface area contributed by atoms with Gasteiger partial charge in [-0.05, 0) is 74.1 Å². The summed E-state index contributed by atoms with van der Waals surface area (Å²) in [5.74, 6) is 4.50. The molecule has 0 amide bonds. The first-order valence-electron chi connectivity index (χ1n) is 11.1. The SMILES string of the molecule is Clc1ccc(Nc2nc3ccccc3c3nc(C45CC6CC(CC4C6)C5)[nH]c23)cc1Cl. The molecule has 2 aromatic heterocycles. The van der Waals surface area contributed by atoms with Crippen LogP contribution in [0.3, 0.4) is 0 Å². The van der Waals surface area contributed by atoms with Gasteiger partial charge in [0.1, 0.15) is 16.9 Å². The smallest absolute Gasteiger partial charge is 0.157 e. The van der Waals surface area contributed by atoms with E-state index in [0.29, 0.717) is 10.0 Å². The molecule has 2 aromatic carbocycles. The first-order chi connectivity index (χ1) is 15.1. The monoisotopic (exact) mass is 448 g/mol. The molecule has 4 nitrogen and oxygen atoms in total. The molecule has 2 unspecified atom stereocenters. The number of aromatic amines is 1. The van der Waals surface area contributed by atoms with Crippen molar-refractivity contribution in [1.82, 2.24) is 15.0 Å². The van der Waals surface area contributed by atoms with Gasteiger partial charge in [-0.3, -0.25) is 0 Å². The number of H-pyrrole nitrogens is 1. The summed E-state index contributed by atoms with van der Waals surface area (Å²) < 4.78 is 0. The topological polar surface area (TPSA) is 53.6 Å². The molecule has 4 aromatic rings. The summed E-state index contributed by atoms with van der Waals surface area (Å²) in [5, 5.41) is 5.61. The summed E-state index contributed by atoms with van der Waals surface area (Å²) in [5.41, 5.74) is 4.00. The number of imidazole rings is 1. The molecule has 156 valence electrons. The minimum absolute atomic E-state index is 0.231. The molecule has 0 radical (unpaired) electrons. The normalized spacial score (nSPS) is 28.8. The maximum atomic E-state index is 6.25. The lowest BCUT2D eigenvalue weighted by Gasteiger charge is -2.30. The van der Waals surface area contributed by atoms with Gasteiger partial charge in [0, 0.05) is 16.5 Å². The molecule has 4 bridgehead atoms. The Labute approximate surface area is 190 Å². The standard InChI is InChI=1S/C25H22Cl2N4/c26-18-6-5-16(10-19(18)27)28-23-22-21(17-3-1-2-4-20(17)29-23)30-24(31-22)25-11-13-7-14(12-25)9-15(25)8-13/h1-6,10,13-15H,7-9,11-12H2,(H,28,29)(H,30,31). The van der Waals surface area contributed by atoms with Gasteiger partial charge in [-0.2, -0.15) is 0 Å². The van der Waals surface area contributed by atoms with Crippen LogP contribution in [0, 0.1) is 17.8 Å². The second-order valence-electron chi connectivity index (χ2n) is 9.74. The summed E-state index contributed by atoms with van der Waals surface area (Å²) >= 11 is 12.4. The largest absolute Gasteiger partial charge is 0.338 e. The van der Waals surface area contributed by atoms with Crippen LogP contribution in [0.5, 0.6) is 0 Å². The Bertz CT molecular complexity index is 1350. The Morgan fingerprint density at radius 2 is 1.74 bits per heavy atom. The second-order valence-corrected chi connectivity index (χ2v) is 10.6. The van der Waals surface area contributed by atoms with Gasteiger partial charge in [0.25, 0.3) is 0 Å². The molecule has 4 fully saturated rings. The second kappa shape index (κ2) is 6.36. The van der Waals surface area contributed by atoms with Crippen LogP contribution in [0.2, 0.25) is 10.0 Å². The number of anilines is 2. The van der Waals surface area contributed by atoms with Crippen LogP contribution in [0.4, 0.5) is 11.5 Å². The highest BCUT2D eigenvalue weighted by Crippen LogP contribution is 2.65. The van der Waals surface area contributed by atoms with E-state index in [1.165, 1.54) is 37.9 Å². The Morgan fingerprint density at radius 3 is 2.55 bits per heavy atom. The highest BCUT2D eigenvalue weighted by molar-refractivity contribution is 6.42. The fourth-order valence-corrected chi connectivity index (χ4v) is 7.21. The number of nitrogens with one attached hydrogen (secondary N) is 2. The molecular weight excluding hydrogens is 427 g/mol. The molecule has 4 aliphatic rings. The molecule has 0 saturated heterocycles. The Balaban J connectivity index is 1.42. The molecule has 6 heteroatoms. The fourth-order valence-electron chi connectivity index (χ4n) is 6.91. The predicted molar refractivity (Wildman–Crippen MR) is 126 cm³/mol. The predicted octanol–water partition coefficient (Wildman–Crippen LogP) is 7.24. The number of para-hydroxylation sites is 1. The van der Waals surface area contributed by atoms with Gasteiger partial charge >= 0.3 is 0 Å². The lowest BCUT2D eigenvalue weighted by atomic mass is 9.75. The van der Waals surface area contributed by atoms with Crippen molar-refractivity contribution in [2.45, 2.75) is 37.5 Å². The van der Waals surface area contributed by atoms with E-state index in [2.05, 4.69) is 22.4 Å². The number of fused-ring (bicyclic) bond motifs is 3. The van der Waals surface area contributed by atoms with Crippen LogP contribution in [0.25, 0.3) is 21.9 Å².